The Morgan fingerprint density at radius 2 is 1.93 bits per heavy atom. The molecule has 0 aliphatic heterocycles. The Morgan fingerprint density at radius 3 is 2.64 bits per heavy atom. The largest absolute Gasteiger partial charge is 0.461 e. The van der Waals surface area contributed by atoms with Crippen molar-refractivity contribution in [3.8, 4) is 0 Å². The zero-order chi connectivity index (χ0) is 19.9. The van der Waals surface area contributed by atoms with Crippen LogP contribution in [0.2, 0.25) is 0 Å². The average molecular weight is 384 g/mol. The van der Waals surface area contributed by atoms with Crippen molar-refractivity contribution in [1.82, 2.24) is 0 Å². The lowest BCUT2D eigenvalue weighted by atomic mass is 10.2. The van der Waals surface area contributed by atoms with E-state index in [9.17, 15) is 9.59 Å². The molecule has 0 bridgehead atoms. The first kappa shape index (κ1) is 19.7. The summed E-state index contributed by atoms with van der Waals surface area (Å²) in [6, 6.07) is 10.6. The van der Waals surface area contributed by atoms with E-state index in [0.717, 1.165) is 12.2 Å². The summed E-state index contributed by atoms with van der Waals surface area (Å²) in [5.74, 6) is 2.51. The first-order valence-electron chi connectivity index (χ1n) is 9.16. The van der Waals surface area contributed by atoms with Gasteiger partial charge in [0.25, 0.3) is 0 Å². The highest BCUT2D eigenvalue weighted by Gasteiger charge is 2.36. The molecule has 0 radical (unpaired) electrons. The van der Waals surface area contributed by atoms with Gasteiger partial charge in [-0.05, 0) is 48.7 Å². The molecule has 1 aliphatic rings. The number of ether oxygens (including phenoxy) is 2. The van der Waals surface area contributed by atoms with Gasteiger partial charge in [0.1, 0.15) is 18.1 Å². The van der Waals surface area contributed by atoms with E-state index in [1.807, 2.05) is 12.1 Å². The van der Waals surface area contributed by atoms with Gasteiger partial charge in [-0.15, -0.1) is 0 Å². The fourth-order valence-corrected chi connectivity index (χ4v) is 2.76. The van der Waals surface area contributed by atoms with E-state index in [2.05, 4.69) is 17.6 Å². The summed E-state index contributed by atoms with van der Waals surface area (Å²) in [5, 5.41) is 5.34. The van der Waals surface area contributed by atoms with Gasteiger partial charge < -0.3 is 19.2 Å². The molecule has 3 rings (SSSR count). The molecule has 2 unspecified atom stereocenters. The fourth-order valence-electron chi connectivity index (χ4n) is 2.76. The number of carbonyl (C=O) groups is 2. The lowest BCUT2D eigenvalue weighted by molar-refractivity contribution is -0.111. The number of hydrogen-bond acceptors (Lipinski definition) is 5. The van der Waals surface area contributed by atoms with Gasteiger partial charge in [-0.1, -0.05) is 13.0 Å². The highest BCUT2D eigenvalue weighted by Crippen LogP contribution is 2.47. The van der Waals surface area contributed by atoms with Gasteiger partial charge in [-0.3, -0.25) is 10.1 Å². The predicted molar refractivity (Wildman–Crippen MR) is 106 cm³/mol. The van der Waals surface area contributed by atoms with Crippen molar-refractivity contribution in [3.05, 3.63) is 54.0 Å². The van der Waals surface area contributed by atoms with Crippen LogP contribution in [-0.2, 0) is 14.3 Å². The van der Waals surface area contributed by atoms with Gasteiger partial charge in [0.15, 0.2) is 0 Å². The standard InChI is InChI=1S/C21H24N2O5/c1-14-12-18(14)19-8-6-17(28-19)7-9-20(24)22-15-4-3-5-16(13-15)23-21(25)27-11-10-26-2/h3-9,13-14,18H,10-12H2,1-2H3,(H,22,24)(H,23,25)/b9-7+. The number of hydrogen-bond donors (Lipinski definition) is 2. The highest BCUT2D eigenvalue weighted by atomic mass is 16.6. The second kappa shape index (κ2) is 9.23. The summed E-state index contributed by atoms with van der Waals surface area (Å²) in [6.45, 7) is 2.68. The Kier molecular flexibility index (Phi) is 6.49. The lowest BCUT2D eigenvalue weighted by Crippen LogP contribution is -2.16. The molecule has 7 heteroatoms. The smallest absolute Gasteiger partial charge is 0.411 e. The van der Waals surface area contributed by atoms with Gasteiger partial charge in [0.2, 0.25) is 5.91 Å². The lowest BCUT2D eigenvalue weighted by Gasteiger charge is -2.08. The van der Waals surface area contributed by atoms with Gasteiger partial charge >= 0.3 is 6.09 Å². The quantitative estimate of drug-likeness (QED) is 0.525. The monoisotopic (exact) mass is 384 g/mol. The van der Waals surface area contributed by atoms with E-state index in [0.29, 0.717) is 35.6 Å². The van der Waals surface area contributed by atoms with Crippen LogP contribution in [0.25, 0.3) is 6.08 Å². The number of anilines is 2. The molecule has 2 aromatic rings. The SMILES string of the molecule is COCCOC(=O)Nc1cccc(NC(=O)/C=C/c2ccc(C3CC3C)o2)c1. The molecule has 1 saturated carbocycles. The van der Waals surface area contributed by atoms with Gasteiger partial charge in [-0.2, -0.15) is 0 Å². The zero-order valence-corrected chi connectivity index (χ0v) is 15.9. The Labute approximate surface area is 163 Å². The first-order valence-corrected chi connectivity index (χ1v) is 9.16. The molecule has 2 amide bonds. The number of methoxy groups -OCH3 is 1. The predicted octanol–water partition coefficient (Wildman–Crippen LogP) is 4.25. The van der Waals surface area contributed by atoms with Crippen LogP contribution in [0.5, 0.6) is 0 Å². The van der Waals surface area contributed by atoms with Crippen LogP contribution in [-0.4, -0.2) is 32.3 Å². The maximum absolute atomic E-state index is 12.1. The Bertz CT molecular complexity index is 858. The summed E-state index contributed by atoms with van der Waals surface area (Å²) in [4.78, 5) is 23.8. The topological polar surface area (TPSA) is 89.8 Å². The first-order chi connectivity index (χ1) is 13.5. The molecule has 148 valence electrons. The molecule has 1 aliphatic carbocycles. The number of furan rings is 1. The minimum absolute atomic E-state index is 0.164. The van der Waals surface area contributed by atoms with Crippen molar-refractivity contribution < 1.29 is 23.5 Å². The number of benzene rings is 1. The van der Waals surface area contributed by atoms with Crippen LogP contribution in [0.15, 0.2) is 46.9 Å². The molecule has 1 heterocycles. The van der Waals surface area contributed by atoms with E-state index in [-0.39, 0.29) is 12.5 Å². The third kappa shape index (κ3) is 5.72. The van der Waals surface area contributed by atoms with Gasteiger partial charge in [-0.25, -0.2) is 4.79 Å². The normalized spacial score (nSPS) is 18.1. The van der Waals surface area contributed by atoms with Crippen molar-refractivity contribution in [3.63, 3.8) is 0 Å². The molecule has 7 nitrogen and oxygen atoms in total. The summed E-state index contributed by atoms with van der Waals surface area (Å²) in [5.41, 5.74) is 1.06. The minimum atomic E-state index is -0.584. The van der Waals surface area contributed by atoms with Crippen LogP contribution in [0.1, 0.15) is 30.8 Å². The average Bonchev–Trinajstić information content (AvgIpc) is 3.21. The van der Waals surface area contributed by atoms with Crippen LogP contribution < -0.4 is 10.6 Å². The second-order valence-electron chi connectivity index (χ2n) is 6.72. The van der Waals surface area contributed by atoms with Gasteiger partial charge in [0, 0.05) is 30.5 Å². The Balaban J connectivity index is 1.51. The molecule has 2 N–H and O–H groups in total. The fraction of sp³-hybridized carbons (Fsp3) is 0.333. The summed E-state index contributed by atoms with van der Waals surface area (Å²) >= 11 is 0. The number of rotatable bonds is 8. The van der Waals surface area contributed by atoms with Crippen LogP contribution in [0, 0.1) is 5.92 Å². The zero-order valence-electron chi connectivity index (χ0n) is 15.9. The van der Waals surface area contributed by atoms with Crippen molar-refractivity contribution >= 4 is 29.5 Å². The molecule has 0 saturated heterocycles. The highest BCUT2D eigenvalue weighted by molar-refractivity contribution is 6.02. The molecule has 1 aromatic heterocycles. The Hall–Kier alpha value is -3.06. The molecule has 2 atom stereocenters. The summed E-state index contributed by atoms with van der Waals surface area (Å²) in [7, 11) is 1.53. The van der Waals surface area contributed by atoms with Gasteiger partial charge in [0.05, 0.1) is 6.61 Å². The van der Waals surface area contributed by atoms with Crippen LogP contribution >= 0.6 is 0 Å². The van der Waals surface area contributed by atoms with Crippen molar-refractivity contribution in [2.24, 2.45) is 5.92 Å². The van der Waals surface area contributed by atoms with E-state index >= 15 is 0 Å². The maximum Gasteiger partial charge on any atom is 0.411 e. The molecule has 1 fully saturated rings. The maximum atomic E-state index is 12.1. The van der Waals surface area contributed by atoms with Crippen molar-refractivity contribution in [2.45, 2.75) is 19.3 Å². The van der Waals surface area contributed by atoms with Crippen LogP contribution in [0.4, 0.5) is 16.2 Å². The number of amides is 2. The molecule has 1 aromatic carbocycles. The molecule has 0 spiro atoms. The van der Waals surface area contributed by atoms with Crippen LogP contribution in [0.3, 0.4) is 0 Å². The molecular formula is C21H24N2O5. The minimum Gasteiger partial charge on any atom is -0.461 e. The third-order valence-corrected chi connectivity index (χ3v) is 4.42. The number of carbonyl (C=O) groups excluding carboxylic acids is 2. The van der Waals surface area contributed by atoms with E-state index < -0.39 is 6.09 Å². The second-order valence-corrected chi connectivity index (χ2v) is 6.72. The third-order valence-electron chi connectivity index (χ3n) is 4.42. The van der Waals surface area contributed by atoms with E-state index in [4.69, 9.17) is 13.9 Å². The number of nitrogens with one attached hydrogen (secondary N) is 2. The van der Waals surface area contributed by atoms with Crippen molar-refractivity contribution in [1.29, 1.82) is 0 Å². The Morgan fingerprint density at radius 1 is 1.18 bits per heavy atom. The molecular weight excluding hydrogens is 360 g/mol. The van der Waals surface area contributed by atoms with E-state index in [1.165, 1.54) is 13.2 Å². The van der Waals surface area contributed by atoms with E-state index in [1.54, 1.807) is 30.3 Å². The summed E-state index contributed by atoms with van der Waals surface area (Å²) in [6.07, 6.45) is 3.62. The summed E-state index contributed by atoms with van der Waals surface area (Å²) < 4.78 is 15.5. The van der Waals surface area contributed by atoms with Crippen molar-refractivity contribution in [2.75, 3.05) is 31.0 Å². The molecule has 28 heavy (non-hydrogen) atoms.